The first-order valence-electron chi connectivity index (χ1n) is 7.18. The van der Waals surface area contributed by atoms with Gasteiger partial charge in [-0.15, -0.1) is 0 Å². The van der Waals surface area contributed by atoms with Gasteiger partial charge in [-0.05, 0) is 23.0 Å². The van der Waals surface area contributed by atoms with Crippen LogP contribution in [-0.2, 0) is 0 Å². The van der Waals surface area contributed by atoms with Crippen molar-refractivity contribution in [3.05, 3.63) is 29.6 Å². The fraction of sp³-hybridized carbons (Fsp3) is 0.529. The standard InChI is InChI=1S/C17H22N2O2/c1-16(2)15(17(16,3)4)19-14(21)13-12(8-5-6-11-20)9-7-10-18-13/h7,9-10,15,20H,6,11H2,1-4H3,(H,19,21). The van der Waals surface area contributed by atoms with E-state index in [4.69, 9.17) is 5.11 Å². The summed E-state index contributed by atoms with van der Waals surface area (Å²) in [6.45, 7) is 8.62. The Labute approximate surface area is 126 Å². The van der Waals surface area contributed by atoms with Gasteiger partial charge in [-0.2, -0.15) is 0 Å². The summed E-state index contributed by atoms with van der Waals surface area (Å²) in [5.74, 6) is 5.54. The maximum atomic E-state index is 12.4. The van der Waals surface area contributed by atoms with Crippen LogP contribution in [0, 0.1) is 22.7 Å². The molecule has 1 aliphatic rings. The second-order valence-corrected chi connectivity index (χ2v) is 6.52. The van der Waals surface area contributed by atoms with Crippen molar-refractivity contribution in [2.45, 2.75) is 40.2 Å². The molecule has 112 valence electrons. The fourth-order valence-electron chi connectivity index (χ4n) is 2.66. The van der Waals surface area contributed by atoms with Crippen LogP contribution in [0.2, 0.25) is 0 Å². The number of aromatic nitrogens is 1. The Kier molecular flexibility index (Phi) is 4.06. The molecule has 1 heterocycles. The van der Waals surface area contributed by atoms with Gasteiger partial charge in [-0.3, -0.25) is 4.79 Å². The minimum atomic E-state index is -0.187. The number of carbonyl (C=O) groups is 1. The van der Waals surface area contributed by atoms with Crippen molar-refractivity contribution in [3.63, 3.8) is 0 Å². The highest BCUT2D eigenvalue weighted by Crippen LogP contribution is 2.62. The molecule has 1 saturated carbocycles. The Morgan fingerprint density at radius 3 is 2.62 bits per heavy atom. The van der Waals surface area contributed by atoms with Crippen LogP contribution in [0.3, 0.4) is 0 Å². The lowest BCUT2D eigenvalue weighted by atomic mass is 10.0. The monoisotopic (exact) mass is 286 g/mol. The van der Waals surface area contributed by atoms with Crippen LogP contribution >= 0.6 is 0 Å². The third-order valence-electron chi connectivity index (χ3n) is 4.78. The number of carbonyl (C=O) groups excluding carboxylic acids is 1. The van der Waals surface area contributed by atoms with Gasteiger partial charge in [-0.25, -0.2) is 4.98 Å². The second-order valence-electron chi connectivity index (χ2n) is 6.52. The van der Waals surface area contributed by atoms with Gasteiger partial charge in [0, 0.05) is 18.7 Å². The zero-order valence-corrected chi connectivity index (χ0v) is 13.0. The summed E-state index contributed by atoms with van der Waals surface area (Å²) in [5, 5.41) is 11.8. The van der Waals surface area contributed by atoms with Crippen molar-refractivity contribution >= 4 is 5.91 Å². The molecule has 0 spiro atoms. The van der Waals surface area contributed by atoms with E-state index in [0.717, 1.165) is 0 Å². The highest BCUT2D eigenvalue weighted by atomic mass is 16.2. The Hall–Kier alpha value is -1.86. The van der Waals surface area contributed by atoms with Crippen molar-refractivity contribution in [2.24, 2.45) is 10.8 Å². The molecule has 0 saturated heterocycles. The van der Waals surface area contributed by atoms with Crippen LogP contribution in [0.4, 0.5) is 0 Å². The third-order valence-corrected chi connectivity index (χ3v) is 4.78. The number of nitrogens with one attached hydrogen (secondary N) is 1. The maximum Gasteiger partial charge on any atom is 0.271 e. The van der Waals surface area contributed by atoms with Gasteiger partial charge < -0.3 is 10.4 Å². The van der Waals surface area contributed by atoms with Crippen molar-refractivity contribution in [1.29, 1.82) is 0 Å². The average molecular weight is 286 g/mol. The number of amides is 1. The van der Waals surface area contributed by atoms with Gasteiger partial charge in [-0.1, -0.05) is 39.5 Å². The number of nitrogens with zero attached hydrogens (tertiary/aromatic N) is 1. The van der Waals surface area contributed by atoms with E-state index in [2.05, 4.69) is 49.8 Å². The van der Waals surface area contributed by atoms with Crippen molar-refractivity contribution in [1.82, 2.24) is 10.3 Å². The van der Waals surface area contributed by atoms with Crippen LogP contribution in [0.15, 0.2) is 18.3 Å². The molecule has 0 unspecified atom stereocenters. The van der Waals surface area contributed by atoms with E-state index in [1.807, 2.05) is 0 Å². The lowest BCUT2D eigenvalue weighted by molar-refractivity contribution is 0.0938. The van der Waals surface area contributed by atoms with Crippen LogP contribution in [0.5, 0.6) is 0 Å². The smallest absolute Gasteiger partial charge is 0.271 e. The summed E-state index contributed by atoms with van der Waals surface area (Å²) >= 11 is 0. The largest absolute Gasteiger partial charge is 0.395 e. The maximum absolute atomic E-state index is 12.4. The SMILES string of the molecule is CC1(C)C(NC(=O)c2ncccc2C#CCCO)C1(C)C. The highest BCUT2D eigenvalue weighted by molar-refractivity contribution is 5.95. The van der Waals surface area contributed by atoms with Crippen molar-refractivity contribution in [3.8, 4) is 11.8 Å². The van der Waals surface area contributed by atoms with Gasteiger partial charge in [0.1, 0.15) is 5.69 Å². The summed E-state index contributed by atoms with van der Waals surface area (Å²) in [5.41, 5.74) is 1.11. The zero-order chi connectivity index (χ0) is 15.7. The third kappa shape index (κ3) is 2.79. The molecular weight excluding hydrogens is 264 g/mol. The first-order valence-corrected chi connectivity index (χ1v) is 7.18. The molecule has 1 aliphatic carbocycles. The Balaban J connectivity index is 2.16. The van der Waals surface area contributed by atoms with E-state index in [1.54, 1.807) is 18.3 Å². The predicted octanol–water partition coefficient (Wildman–Crippen LogP) is 1.98. The topological polar surface area (TPSA) is 62.2 Å². The van der Waals surface area contributed by atoms with Crippen LogP contribution in [0.1, 0.15) is 50.2 Å². The number of pyridine rings is 1. The van der Waals surface area contributed by atoms with E-state index in [-0.39, 0.29) is 29.4 Å². The highest BCUT2D eigenvalue weighted by Gasteiger charge is 2.65. The Bertz CT molecular complexity index is 595. The number of hydrogen-bond acceptors (Lipinski definition) is 3. The van der Waals surface area contributed by atoms with Gasteiger partial charge in [0.25, 0.3) is 5.91 Å². The molecule has 21 heavy (non-hydrogen) atoms. The average Bonchev–Trinajstić information content (AvgIpc) is 2.82. The molecular formula is C17H22N2O2. The number of aliphatic hydroxyl groups excluding tert-OH is 1. The Morgan fingerprint density at radius 1 is 1.38 bits per heavy atom. The molecule has 0 aliphatic heterocycles. The van der Waals surface area contributed by atoms with Crippen LogP contribution in [-0.4, -0.2) is 28.6 Å². The van der Waals surface area contributed by atoms with Gasteiger partial charge >= 0.3 is 0 Å². The zero-order valence-electron chi connectivity index (χ0n) is 13.0. The molecule has 1 amide bonds. The quantitative estimate of drug-likeness (QED) is 0.835. The minimum absolute atomic E-state index is 0.0131. The summed E-state index contributed by atoms with van der Waals surface area (Å²) in [6, 6.07) is 3.66. The molecule has 1 fully saturated rings. The fourth-order valence-corrected chi connectivity index (χ4v) is 2.66. The first kappa shape index (κ1) is 15.5. The molecule has 1 aromatic rings. The molecule has 0 bridgehead atoms. The van der Waals surface area contributed by atoms with Crippen LogP contribution < -0.4 is 5.32 Å². The molecule has 0 atom stereocenters. The van der Waals surface area contributed by atoms with Crippen molar-refractivity contribution in [2.75, 3.05) is 6.61 Å². The van der Waals surface area contributed by atoms with E-state index >= 15 is 0 Å². The lowest BCUT2D eigenvalue weighted by Gasteiger charge is -2.07. The number of rotatable bonds is 3. The van der Waals surface area contributed by atoms with E-state index < -0.39 is 0 Å². The molecule has 2 rings (SSSR count). The van der Waals surface area contributed by atoms with E-state index in [1.165, 1.54) is 0 Å². The summed E-state index contributed by atoms with van der Waals surface area (Å²) < 4.78 is 0. The lowest BCUT2D eigenvalue weighted by Crippen LogP contribution is -2.31. The molecule has 2 N–H and O–H groups in total. The summed E-state index contributed by atoms with van der Waals surface area (Å²) in [7, 11) is 0. The van der Waals surface area contributed by atoms with Crippen molar-refractivity contribution < 1.29 is 9.90 Å². The van der Waals surface area contributed by atoms with Gasteiger partial charge in [0.15, 0.2) is 0 Å². The van der Waals surface area contributed by atoms with Gasteiger partial charge in [0.05, 0.1) is 12.2 Å². The van der Waals surface area contributed by atoms with Crippen LogP contribution in [0.25, 0.3) is 0 Å². The summed E-state index contributed by atoms with van der Waals surface area (Å²) in [4.78, 5) is 16.6. The second kappa shape index (κ2) is 5.50. The molecule has 0 radical (unpaired) electrons. The van der Waals surface area contributed by atoms with E-state index in [0.29, 0.717) is 17.7 Å². The molecule has 0 aromatic carbocycles. The minimum Gasteiger partial charge on any atom is -0.395 e. The number of aliphatic hydroxyl groups is 1. The predicted molar refractivity (Wildman–Crippen MR) is 81.6 cm³/mol. The molecule has 4 nitrogen and oxygen atoms in total. The number of hydrogen-bond donors (Lipinski definition) is 2. The summed E-state index contributed by atoms with van der Waals surface area (Å²) in [6.07, 6.45) is 1.98. The van der Waals surface area contributed by atoms with E-state index in [9.17, 15) is 4.79 Å². The molecule has 1 aromatic heterocycles. The first-order chi connectivity index (χ1) is 9.82. The normalized spacial score (nSPS) is 18.5. The Morgan fingerprint density at radius 2 is 2.05 bits per heavy atom. The molecule has 4 heteroatoms. The van der Waals surface area contributed by atoms with Gasteiger partial charge in [0.2, 0.25) is 0 Å².